The topological polar surface area (TPSA) is 65.1 Å². The number of hydrogen-bond acceptors (Lipinski definition) is 5. The molecule has 0 atom stereocenters. The average molecular weight is 372 g/mol. The summed E-state index contributed by atoms with van der Waals surface area (Å²) in [7, 11) is -2.69. The van der Waals surface area contributed by atoms with Crippen LogP contribution in [0.15, 0.2) is 24.3 Å². The summed E-state index contributed by atoms with van der Waals surface area (Å²) in [5, 5.41) is 0. The van der Waals surface area contributed by atoms with Gasteiger partial charge in [0.25, 0.3) is 11.8 Å². The fraction of sp³-hybridized carbons (Fsp3) is 0.667. The van der Waals surface area contributed by atoms with Gasteiger partial charge in [0.2, 0.25) is 0 Å². The number of carbonyl (C=O) groups excluding carboxylic acids is 2. The number of hydrogen-bond donors (Lipinski definition) is 0. The van der Waals surface area contributed by atoms with E-state index in [1.807, 2.05) is 20.8 Å². The number of unbranched alkanes of at least 4 members (excludes halogenated alkanes) is 1. The number of imide groups is 1. The van der Waals surface area contributed by atoms with Crippen LogP contribution in [-0.4, -0.2) is 51.9 Å². The summed E-state index contributed by atoms with van der Waals surface area (Å²) in [6, 6.07) is 0.652. The lowest BCUT2D eigenvalue weighted by atomic mass is 10.2. The second-order valence-corrected chi connectivity index (χ2v) is 8.49. The Morgan fingerprint density at radius 1 is 0.840 bits per heavy atom. The number of amides is 2. The molecule has 2 amide bonds. The van der Waals surface area contributed by atoms with E-state index in [0.717, 1.165) is 6.42 Å². The van der Waals surface area contributed by atoms with Crippen molar-refractivity contribution in [1.29, 1.82) is 0 Å². The van der Waals surface area contributed by atoms with Gasteiger partial charge in [0.15, 0.2) is 0 Å². The minimum atomic E-state index is -2.69. The third-order valence-electron chi connectivity index (χ3n) is 3.43. The fourth-order valence-electron chi connectivity index (χ4n) is 2.37. The van der Waals surface area contributed by atoms with Crippen LogP contribution in [0.5, 0.6) is 0 Å². The lowest BCUT2D eigenvalue weighted by Crippen LogP contribution is -2.46. The van der Waals surface area contributed by atoms with Crippen LogP contribution in [-0.2, 0) is 22.9 Å². The lowest BCUT2D eigenvalue weighted by Gasteiger charge is -2.28. The second-order valence-electron chi connectivity index (χ2n) is 5.76. The zero-order valence-electron chi connectivity index (χ0n) is 16.4. The standard InChI is InChI=1S/C18H33NO5Si/c1-8-22-25(23-9-2,24-10-3)14-12-11-13-19(17(20)15(4)5)18(21)16(6)7/h4,6,8-14H2,1-3,5,7H3. The predicted molar refractivity (Wildman–Crippen MR) is 101 cm³/mol. The van der Waals surface area contributed by atoms with Gasteiger partial charge < -0.3 is 13.3 Å². The molecule has 0 rings (SSSR count). The highest BCUT2D eigenvalue weighted by atomic mass is 28.4. The molecule has 7 heteroatoms. The highest BCUT2D eigenvalue weighted by Crippen LogP contribution is 2.20. The first-order chi connectivity index (χ1) is 11.7. The Labute approximate surface area is 153 Å². The van der Waals surface area contributed by atoms with Crippen molar-refractivity contribution in [3.05, 3.63) is 24.3 Å². The summed E-state index contributed by atoms with van der Waals surface area (Å²) < 4.78 is 17.4. The summed E-state index contributed by atoms with van der Waals surface area (Å²) in [6.07, 6.45) is 1.37. The van der Waals surface area contributed by atoms with Gasteiger partial charge in [-0.3, -0.25) is 14.5 Å². The molecule has 0 spiro atoms. The van der Waals surface area contributed by atoms with Crippen LogP contribution in [0.2, 0.25) is 6.04 Å². The summed E-state index contributed by atoms with van der Waals surface area (Å²) in [5.41, 5.74) is 0.660. The van der Waals surface area contributed by atoms with E-state index in [0.29, 0.717) is 50.0 Å². The van der Waals surface area contributed by atoms with Gasteiger partial charge in [0.05, 0.1) is 0 Å². The van der Waals surface area contributed by atoms with Gasteiger partial charge in [0.1, 0.15) is 0 Å². The Balaban J connectivity index is 4.84. The van der Waals surface area contributed by atoms with Gasteiger partial charge >= 0.3 is 8.80 Å². The van der Waals surface area contributed by atoms with Gasteiger partial charge in [-0.1, -0.05) is 13.2 Å². The van der Waals surface area contributed by atoms with Crippen molar-refractivity contribution in [3.63, 3.8) is 0 Å². The third kappa shape index (κ3) is 8.09. The van der Waals surface area contributed by atoms with Crippen molar-refractivity contribution in [3.8, 4) is 0 Å². The molecule has 0 aliphatic carbocycles. The van der Waals surface area contributed by atoms with E-state index >= 15 is 0 Å². The second kappa shape index (κ2) is 12.1. The maximum atomic E-state index is 12.2. The summed E-state index contributed by atoms with van der Waals surface area (Å²) >= 11 is 0. The van der Waals surface area contributed by atoms with Crippen molar-refractivity contribution >= 4 is 20.6 Å². The van der Waals surface area contributed by atoms with Gasteiger partial charge in [-0.2, -0.15) is 0 Å². The zero-order chi connectivity index (χ0) is 19.5. The van der Waals surface area contributed by atoms with Crippen LogP contribution in [0.3, 0.4) is 0 Å². The Morgan fingerprint density at radius 2 is 1.24 bits per heavy atom. The number of rotatable bonds is 13. The quantitative estimate of drug-likeness (QED) is 0.282. The van der Waals surface area contributed by atoms with Gasteiger partial charge in [0, 0.05) is 43.6 Å². The van der Waals surface area contributed by atoms with Gasteiger partial charge in [-0.05, 0) is 47.5 Å². The predicted octanol–water partition coefficient (Wildman–Crippen LogP) is 3.32. The Kier molecular flexibility index (Phi) is 11.5. The molecule has 6 nitrogen and oxygen atoms in total. The van der Waals surface area contributed by atoms with Gasteiger partial charge in [-0.15, -0.1) is 0 Å². The van der Waals surface area contributed by atoms with E-state index < -0.39 is 8.80 Å². The first kappa shape index (κ1) is 23.7. The smallest absolute Gasteiger partial charge is 0.374 e. The van der Waals surface area contributed by atoms with E-state index in [1.165, 1.54) is 4.90 Å². The van der Waals surface area contributed by atoms with E-state index in [9.17, 15) is 9.59 Å². The average Bonchev–Trinajstić information content (AvgIpc) is 2.54. The molecule has 0 unspecified atom stereocenters. The largest absolute Gasteiger partial charge is 0.500 e. The molecule has 144 valence electrons. The number of nitrogens with zero attached hydrogens (tertiary/aromatic N) is 1. The minimum Gasteiger partial charge on any atom is -0.374 e. The highest BCUT2D eigenvalue weighted by molar-refractivity contribution is 6.60. The summed E-state index contributed by atoms with van der Waals surface area (Å²) in [5.74, 6) is -0.730. The summed E-state index contributed by atoms with van der Waals surface area (Å²) in [6.45, 7) is 18.1. The molecular formula is C18H33NO5Si. The maximum Gasteiger partial charge on any atom is 0.500 e. The van der Waals surface area contributed by atoms with Crippen LogP contribution in [0.25, 0.3) is 0 Å². The molecule has 0 radical (unpaired) electrons. The monoisotopic (exact) mass is 371 g/mol. The normalized spacial score (nSPS) is 11.2. The van der Waals surface area contributed by atoms with Crippen molar-refractivity contribution in [2.45, 2.75) is 53.5 Å². The van der Waals surface area contributed by atoms with Crippen LogP contribution in [0.4, 0.5) is 0 Å². The Bertz CT molecular complexity index is 435. The van der Waals surface area contributed by atoms with Crippen LogP contribution >= 0.6 is 0 Å². The third-order valence-corrected chi connectivity index (χ3v) is 6.58. The number of carbonyl (C=O) groups is 2. The molecule has 0 aromatic carbocycles. The minimum absolute atomic E-state index is 0.312. The fourth-order valence-corrected chi connectivity index (χ4v) is 5.05. The molecule has 0 aromatic rings. The van der Waals surface area contributed by atoms with Crippen molar-refractivity contribution in [2.24, 2.45) is 0 Å². The lowest BCUT2D eigenvalue weighted by molar-refractivity contribution is -0.140. The van der Waals surface area contributed by atoms with Crippen molar-refractivity contribution in [2.75, 3.05) is 26.4 Å². The molecule has 0 saturated carbocycles. The molecule has 0 aliphatic rings. The molecule has 0 N–H and O–H groups in total. The first-order valence-corrected chi connectivity index (χ1v) is 10.8. The molecule has 0 bridgehead atoms. The Morgan fingerprint density at radius 3 is 1.56 bits per heavy atom. The van der Waals surface area contributed by atoms with E-state index in [1.54, 1.807) is 13.8 Å². The SMILES string of the molecule is C=C(C)C(=O)N(CCCC[Si](OCC)(OCC)OCC)C(=O)C(=C)C. The highest BCUT2D eigenvalue weighted by Gasteiger charge is 2.39. The van der Waals surface area contributed by atoms with E-state index in [-0.39, 0.29) is 11.8 Å². The maximum absolute atomic E-state index is 12.2. The van der Waals surface area contributed by atoms with Crippen LogP contribution < -0.4 is 0 Å². The zero-order valence-corrected chi connectivity index (χ0v) is 17.4. The molecule has 0 aromatic heterocycles. The first-order valence-electron chi connectivity index (χ1n) is 8.83. The van der Waals surface area contributed by atoms with Crippen molar-refractivity contribution in [1.82, 2.24) is 4.90 Å². The molecule has 0 fully saturated rings. The van der Waals surface area contributed by atoms with E-state index in [4.69, 9.17) is 13.3 Å². The van der Waals surface area contributed by atoms with Crippen LogP contribution in [0, 0.1) is 0 Å². The molecule has 25 heavy (non-hydrogen) atoms. The Hall–Kier alpha value is -1.28. The molecular weight excluding hydrogens is 338 g/mol. The molecule has 0 heterocycles. The van der Waals surface area contributed by atoms with Crippen LogP contribution in [0.1, 0.15) is 47.5 Å². The molecule has 0 saturated heterocycles. The van der Waals surface area contributed by atoms with Crippen molar-refractivity contribution < 1.29 is 22.9 Å². The summed E-state index contributed by atoms with van der Waals surface area (Å²) in [4.78, 5) is 25.6. The van der Waals surface area contributed by atoms with Gasteiger partial charge in [-0.25, -0.2) is 0 Å². The molecule has 0 aliphatic heterocycles. The van der Waals surface area contributed by atoms with E-state index in [2.05, 4.69) is 13.2 Å².